The van der Waals surface area contributed by atoms with Gasteiger partial charge in [0.25, 0.3) is 0 Å². The van der Waals surface area contributed by atoms with Crippen LogP contribution in [-0.2, 0) is 6.42 Å². The third kappa shape index (κ3) is 3.52. The third-order valence-corrected chi connectivity index (χ3v) is 2.57. The van der Waals surface area contributed by atoms with Gasteiger partial charge in [0.05, 0.1) is 5.02 Å². The molecule has 0 radical (unpaired) electrons. The van der Waals surface area contributed by atoms with Crippen molar-refractivity contribution < 1.29 is 13.2 Å². The second-order valence-electron chi connectivity index (χ2n) is 3.21. The van der Waals surface area contributed by atoms with Crippen molar-refractivity contribution in [1.29, 1.82) is 0 Å². The predicted molar refractivity (Wildman–Crippen MR) is 57.0 cm³/mol. The van der Waals surface area contributed by atoms with E-state index < -0.39 is 17.2 Å². The highest BCUT2D eigenvalue weighted by molar-refractivity contribution is 6.30. The van der Waals surface area contributed by atoms with Crippen LogP contribution in [0.15, 0.2) is 18.2 Å². The standard InChI is InChI=1S/C9H9Cl2F3N2/c10-6-3-5(1-2-7(6)12)4-8(16-15)9(11,13)14/h1-3,8,16H,4,15H2. The molecule has 90 valence electrons. The Hall–Kier alpha value is -0.490. The van der Waals surface area contributed by atoms with Crippen molar-refractivity contribution in [2.75, 3.05) is 0 Å². The molecule has 0 aliphatic carbocycles. The number of hydrogen-bond donors (Lipinski definition) is 2. The van der Waals surface area contributed by atoms with E-state index in [1.165, 1.54) is 12.1 Å². The number of nitrogens with two attached hydrogens (primary N) is 1. The lowest BCUT2D eigenvalue weighted by Crippen LogP contribution is -2.46. The summed E-state index contributed by atoms with van der Waals surface area (Å²) in [6, 6.07) is 2.24. The molecule has 1 aromatic rings. The van der Waals surface area contributed by atoms with Gasteiger partial charge in [0, 0.05) is 0 Å². The summed E-state index contributed by atoms with van der Waals surface area (Å²) in [5.41, 5.74) is 2.32. The lowest BCUT2D eigenvalue weighted by atomic mass is 10.1. The highest BCUT2D eigenvalue weighted by Gasteiger charge is 2.36. The predicted octanol–water partition coefficient (Wildman–Crippen LogP) is 2.69. The Balaban J connectivity index is 2.83. The van der Waals surface area contributed by atoms with Crippen molar-refractivity contribution in [2.45, 2.75) is 17.8 Å². The molecule has 0 fully saturated rings. The summed E-state index contributed by atoms with van der Waals surface area (Å²) in [5.74, 6) is 4.34. The molecule has 0 saturated heterocycles. The van der Waals surface area contributed by atoms with E-state index in [1.54, 1.807) is 0 Å². The lowest BCUT2D eigenvalue weighted by molar-refractivity contribution is 0.0503. The fourth-order valence-electron chi connectivity index (χ4n) is 1.17. The summed E-state index contributed by atoms with van der Waals surface area (Å²) in [6.45, 7) is 0. The third-order valence-electron chi connectivity index (χ3n) is 2.02. The van der Waals surface area contributed by atoms with Crippen LogP contribution in [0.2, 0.25) is 5.02 Å². The molecule has 0 saturated carbocycles. The first-order chi connectivity index (χ1) is 7.34. The number of benzene rings is 1. The molecular weight excluding hydrogens is 264 g/mol. The molecule has 1 rings (SSSR count). The van der Waals surface area contributed by atoms with Gasteiger partial charge >= 0.3 is 5.38 Å². The second kappa shape index (κ2) is 5.23. The molecule has 1 unspecified atom stereocenters. The normalized spacial score (nSPS) is 13.9. The second-order valence-corrected chi connectivity index (χ2v) is 4.12. The summed E-state index contributed by atoms with van der Waals surface area (Å²) in [7, 11) is 0. The average molecular weight is 273 g/mol. The molecule has 0 aromatic heterocycles. The number of nitrogens with one attached hydrogen (secondary N) is 1. The van der Waals surface area contributed by atoms with Crippen molar-refractivity contribution in [3.63, 3.8) is 0 Å². The van der Waals surface area contributed by atoms with E-state index in [-0.39, 0.29) is 11.4 Å². The SMILES string of the molecule is NNC(Cc1ccc(F)c(Cl)c1)C(F)(F)Cl. The Bertz CT molecular complexity index is 368. The molecule has 0 amide bonds. The molecule has 0 bridgehead atoms. The van der Waals surface area contributed by atoms with Crippen LogP contribution in [-0.4, -0.2) is 11.4 Å². The first kappa shape index (κ1) is 13.6. The quantitative estimate of drug-likeness (QED) is 0.503. The molecule has 0 heterocycles. The van der Waals surface area contributed by atoms with E-state index in [0.717, 1.165) is 6.07 Å². The van der Waals surface area contributed by atoms with Crippen molar-refractivity contribution in [1.82, 2.24) is 5.43 Å². The number of rotatable bonds is 4. The monoisotopic (exact) mass is 272 g/mol. The summed E-state index contributed by atoms with van der Waals surface area (Å²) >= 11 is 10.3. The van der Waals surface area contributed by atoms with Crippen LogP contribution in [0.4, 0.5) is 13.2 Å². The molecule has 0 aliphatic rings. The first-order valence-corrected chi connectivity index (χ1v) is 5.07. The van der Waals surface area contributed by atoms with Gasteiger partial charge in [-0.3, -0.25) is 5.84 Å². The van der Waals surface area contributed by atoms with Crippen molar-refractivity contribution >= 4 is 23.2 Å². The molecule has 1 aromatic carbocycles. The van der Waals surface area contributed by atoms with Crippen LogP contribution in [0.3, 0.4) is 0 Å². The topological polar surface area (TPSA) is 38.0 Å². The highest BCUT2D eigenvalue weighted by atomic mass is 35.5. The Kier molecular flexibility index (Phi) is 4.43. The lowest BCUT2D eigenvalue weighted by Gasteiger charge is -2.20. The van der Waals surface area contributed by atoms with E-state index in [1.807, 2.05) is 5.43 Å². The van der Waals surface area contributed by atoms with Crippen molar-refractivity contribution in [2.24, 2.45) is 5.84 Å². The van der Waals surface area contributed by atoms with E-state index in [9.17, 15) is 13.2 Å². The average Bonchev–Trinajstić information content (AvgIpc) is 2.18. The van der Waals surface area contributed by atoms with Crippen LogP contribution in [0.1, 0.15) is 5.56 Å². The molecular formula is C9H9Cl2F3N2. The molecule has 3 N–H and O–H groups in total. The van der Waals surface area contributed by atoms with Gasteiger partial charge in [-0.15, -0.1) is 0 Å². The van der Waals surface area contributed by atoms with Gasteiger partial charge in [0.1, 0.15) is 11.9 Å². The Morgan fingerprint density at radius 1 is 1.44 bits per heavy atom. The van der Waals surface area contributed by atoms with Crippen LogP contribution >= 0.6 is 23.2 Å². The summed E-state index contributed by atoms with van der Waals surface area (Å²) in [5, 5.41) is -3.62. The minimum atomic E-state index is -3.49. The van der Waals surface area contributed by atoms with Crippen LogP contribution in [0.5, 0.6) is 0 Å². The smallest absolute Gasteiger partial charge is 0.271 e. The van der Waals surface area contributed by atoms with E-state index in [2.05, 4.69) is 0 Å². The number of halogens is 5. The first-order valence-electron chi connectivity index (χ1n) is 4.31. The summed E-state index contributed by atoms with van der Waals surface area (Å²) < 4.78 is 38.3. The minimum absolute atomic E-state index is 0.133. The van der Waals surface area contributed by atoms with Crippen LogP contribution < -0.4 is 11.3 Å². The molecule has 1 atom stereocenters. The maximum atomic E-state index is 12.8. The molecule has 16 heavy (non-hydrogen) atoms. The summed E-state index contributed by atoms with van der Waals surface area (Å²) in [4.78, 5) is 0. The van der Waals surface area contributed by atoms with Gasteiger partial charge in [-0.05, 0) is 35.7 Å². The van der Waals surface area contributed by atoms with Gasteiger partial charge in [-0.25, -0.2) is 9.82 Å². The van der Waals surface area contributed by atoms with Crippen LogP contribution in [0, 0.1) is 5.82 Å². The molecule has 0 spiro atoms. The fourth-order valence-corrected chi connectivity index (χ4v) is 1.51. The van der Waals surface area contributed by atoms with E-state index >= 15 is 0 Å². The van der Waals surface area contributed by atoms with Gasteiger partial charge in [-0.1, -0.05) is 17.7 Å². The van der Waals surface area contributed by atoms with Crippen molar-refractivity contribution in [3.8, 4) is 0 Å². The molecule has 2 nitrogen and oxygen atoms in total. The fraction of sp³-hybridized carbons (Fsp3) is 0.333. The Morgan fingerprint density at radius 2 is 2.06 bits per heavy atom. The summed E-state index contributed by atoms with van der Waals surface area (Å²) in [6.07, 6.45) is -0.160. The maximum Gasteiger partial charge on any atom is 0.338 e. The highest BCUT2D eigenvalue weighted by Crippen LogP contribution is 2.26. The van der Waals surface area contributed by atoms with Crippen LogP contribution in [0.25, 0.3) is 0 Å². The zero-order valence-electron chi connectivity index (χ0n) is 7.98. The van der Waals surface area contributed by atoms with Gasteiger partial charge in [0.2, 0.25) is 0 Å². The number of hydrogen-bond acceptors (Lipinski definition) is 2. The zero-order valence-corrected chi connectivity index (χ0v) is 9.50. The van der Waals surface area contributed by atoms with Gasteiger partial charge in [0.15, 0.2) is 0 Å². The minimum Gasteiger partial charge on any atom is -0.271 e. The number of alkyl halides is 3. The zero-order chi connectivity index (χ0) is 12.3. The van der Waals surface area contributed by atoms with E-state index in [4.69, 9.17) is 29.0 Å². The molecule has 7 heteroatoms. The van der Waals surface area contributed by atoms with Gasteiger partial charge in [-0.2, -0.15) is 8.78 Å². The van der Waals surface area contributed by atoms with E-state index in [0.29, 0.717) is 5.56 Å². The molecule has 0 aliphatic heterocycles. The Labute approximate surface area is 100 Å². The Morgan fingerprint density at radius 3 is 2.50 bits per heavy atom. The number of hydrazine groups is 1. The van der Waals surface area contributed by atoms with Gasteiger partial charge < -0.3 is 0 Å². The van der Waals surface area contributed by atoms with Crippen molar-refractivity contribution in [3.05, 3.63) is 34.6 Å². The largest absolute Gasteiger partial charge is 0.338 e. The maximum absolute atomic E-state index is 12.8.